The standard InChI is InChI=1S/C33H37F3/c1-3-5-7-8-23-11-14-27-20-28(16-15-26(27)18-23)29-21-32(35)30(33(36)22-29)17-12-24-10-13-25(9-6-4-2)31(34)19-24/h3-5,10,13,19,21-23,26-28H,2,6-9,11,14-16,18,20H2,1H3/b5-3+. The Morgan fingerprint density at radius 3 is 2.36 bits per heavy atom. The van der Waals surface area contributed by atoms with E-state index in [-0.39, 0.29) is 17.3 Å². The molecule has 36 heavy (non-hydrogen) atoms. The summed E-state index contributed by atoms with van der Waals surface area (Å²) in [6.07, 6.45) is 16.8. The zero-order valence-electron chi connectivity index (χ0n) is 21.3. The molecule has 0 aliphatic heterocycles. The van der Waals surface area contributed by atoms with Crippen molar-refractivity contribution in [3.05, 3.63) is 94.8 Å². The molecule has 2 fully saturated rings. The van der Waals surface area contributed by atoms with Crippen LogP contribution in [0, 0.1) is 47.0 Å². The zero-order valence-corrected chi connectivity index (χ0v) is 21.3. The van der Waals surface area contributed by atoms with Crippen molar-refractivity contribution in [2.75, 3.05) is 0 Å². The van der Waals surface area contributed by atoms with E-state index in [9.17, 15) is 13.2 Å². The average Bonchev–Trinajstić information content (AvgIpc) is 2.87. The molecule has 4 atom stereocenters. The van der Waals surface area contributed by atoms with Crippen molar-refractivity contribution in [1.82, 2.24) is 0 Å². The molecule has 2 aromatic carbocycles. The van der Waals surface area contributed by atoms with Crippen molar-refractivity contribution in [1.29, 1.82) is 0 Å². The van der Waals surface area contributed by atoms with Gasteiger partial charge < -0.3 is 0 Å². The van der Waals surface area contributed by atoms with Crippen molar-refractivity contribution in [3.8, 4) is 11.8 Å². The fourth-order valence-electron chi connectivity index (χ4n) is 6.22. The van der Waals surface area contributed by atoms with Gasteiger partial charge >= 0.3 is 0 Å². The summed E-state index contributed by atoms with van der Waals surface area (Å²) in [6.45, 7) is 5.73. The Bertz CT molecular complexity index is 1130. The lowest BCUT2D eigenvalue weighted by Gasteiger charge is -2.42. The summed E-state index contributed by atoms with van der Waals surface area (Å²) in [5.74, 6) is 6.16. The van der Waals surface area contributed by atoms with Gasteiger partial charge in [0, 0.05) is 5.56 Å². The van der Waals surface area contributed by atoms with E-state index in [1.807, 2.05) is 0 Å². The fraction of sp³-hybridized carbons (Fsp3) is 0.455. The van der Waals surface area contributed by atoms with Crippen molar-refractivity contribution in [2.45, 2.75) is 77.0 Å². The Hall–Kier alpha value is -2.73. The fourth-order valence-corrected chi connectivity index (χ4v) is 6.22. The van der Waals surface area contributed by atoms with Gasteiger partial charge in [-0.15, -0.1) is 6.58 Å². The van der Waals surface area contributed by atoms with Crippen LogP contribution in [0.5, 0.6) is 0 Å². The first-order valence-corrected chi connectivity index (χ1v) is 13.5. The van der Waals surface area contributed by atoms with Gasteiger partial charge in [0.2, 0.25) is 0 Å². The molecular weight excluding hydrogens is 453 g/mol. The minimum atomic E-state index is -0.629. The molecule has 0 heterocycles. The van der Waals surface area contributed by atoms with Crippen LogP contribution in [0.2, 0.25) is 0 Å². The lowest BCUT2D eigenvalue weighted by atomic mass is 9.63. The molecule has 4 unspecified atom stereocenters. The molecule has 2 aliphatic rings. The van der Waals surface area contributed by atoms with Gasteiger partial charge in [-0.3, -0.25) is 0 Å². The number of halogens is 3. The van der Waals surface area contributed by atoms with Crippen molar-refractivity contribution in [3.63, 3.8) is 0 Å². The number of hydrogen-bond acceptors (Lipinski definition) is 0. The molecule has 0 radical (unpaired) electrons. The summed E-state index contributed by atoms with van der Waals surface area (Å²) in [6, 6.07) is 7.62. The van der Waals surface area contributed by atoms with Gasteiger partial charge in [-0.25, -0.2) is 13.2 Å². The maximum absolute atomic E-state index is 15.0. The van der Waals surface area contributed by atoms with Crippen LogP contribution >= 0.6 is 0 Å². The van der Waals surface area contributed by atoms with E-state index >= 15 is 0 Å². The Morgan fingerprint density at radius 1 is 0.889 bits per heavy atom. The number of hydrogen-bond donors (Lipinski definition) is 0. The normalized spacial score (nSPS) is 23.7. The summed E-state index contributed by atoms with van der Waals surface area (Å²) >= 11 is 0. The van der Waals surface area contributed by atoms with Crippen LogP contribution in [-0.4, -0.2) is 0 Å². The van der Waals surface area contributed by atoms with Crippen LogP contribution in [0.3, 0.4) is 0 Å². The number of allylic oxidation sites excluding steroid dienone is 3. The first kappa shape index (κ1) is 26.3. The second kappa shape index (κ2) is 12.5. The first-order chi connectivity index (χ1) is 17.5. The summed E-state index contributed by atoms with van der Waals surface area (Å²) in [5.41, 5.74) is 1.49. The highest BCUT2D eigenvalue weighted by molar-refractivity contribution is 5.46. The van der Waals surface area contributed by atoms with Gasteiger partial charge in [-0.05, 0) is 124 Å². The molecule has 2 aromatic rings. The van der Waals surface area contributed by atoms with Crippen molar-refractivity contribution < 1.29 is 13.2 Å². The van der Waals surface area contributed by atoms with Crippen LogP contribution in [-0.2, 0) is 6.42 Å². The van der Waals surface area contributed by atoms with E-state index in [4.69, 9.17) is 0 Å². The quantitative estimate of drug-likeness (QED) is 0.268. The molecular formula is C33H37F3. The number of rotatable bonds is 7. The molecule has 4 rings (SSSR count). The van der Waals surface area contributed by atoms with Crippen LogP contribution in [0.15, 0.2) is 55.1 Å². The summed E-state index contributed by atoms with van der Waals surface area (Å²) in [4.78, 5) is 0. The highest BCUT2D eigenvalue weighted by Crippen LogP contribution is 2.48. The highest BCUT2D eigenvalue weighted by atomic mass is 19.1. The lowest BCUT2D eigenvalue weighted by molar-refractivity contribution is 0.115. The molecule has 0 bridgehead atoms. The molecule has 2 aliphatic carbocycles. The Labute approximate surface area is 214 Å². The zero-order chi connectivity index (χ0) is 25.5. The van der Waals surface area contributed by atoms with Gasteiger partial charge in [0.15, 0.2) is 0 Å². The molecule has 0 nitrogen and oxygen atoms in total. The van der Waals surface area contributed by atoms with Crippen LogP contribution in [0.4, 0.5) is 13.2 Å². The van der Waals surface area contributed by atoms with Crippen LogP contribution in [0.1, 0.15) is 92.9 Å². The molecule has 0 spiro atoms. The van der Waals surface area contributed by atoms with Gasteiger partial charge in [0.25, 0.3) is 0 Å². The summed E-state index contributed by atoms with van der Waals surface area (Å²) in [5, 5.41) is 0. The van der Waals surface area contributed by atoms with Gasteiger partial charge in [0.1, 0.15) is 17.5 Å². The second-order valence-corrected chi connectivity index (χ2v) is 10.6. The number of benzene rings is 2. The monoisotopic (exact) mass is 490 g/mol. The van der Waals surface area contributed by atoms with E-state index in [1.165, 1.54) is 50.3 Å². The van der Waals surface area contributed by atoms with E-state index in [0.717, 1.165) is 36.7 Å². The largest absolute Gasteiger partial charge is 0.207 e. The molecule has 0 saturated heterocycles. The van der Waals surface area contributed by atoms with Crippen molar-refractivity contribution in [2.24, 2.45) is 17.8 Å². The van der Waals surface area contributed by atoms with Gasteiger partial charge in [-0.2, -0.15) is 0 Å². The average molecular weight is 491 g/mol. The van der Waals surface area contributed by atoms with E-state index < -0.39 is 11.6 Å². The predicted octanol–water partition coefficient (Wildman–Crippen LogP) is 9.28. The van der Waals surface area contributed by atoms with Crippen LogP contribution < -0.4 is 0 Å². The van der Waals surface area contributed by atoms with Gasteiger partial charge in [0.05, 0.1) is 5.56 Å². The molecule has 3 heteroatoms. The lowest BCUT2D eigenvalue weighted by Crippen LogP contribution is -2.30. The maximum Gasteiger partial charge on any atom is 0.142 e. The topological polar surface area (TPSA) is 0 Å². The third-order valence-electron chi connectivity index (χ3n) is 8.24. The summed E-state index contributed by atoms with van der Waals surface area (Å²) in [7, 11) is 0. The maximum atomic E-state index is 15.0. The van der Waals surface area contributed by atoms with Crippen molar-refractivity contribution >= 4 is 0 Å². The molecule has 0 N–H and O–H groups in total. The first-order valence-electron chi connectivity index (χ1n) is 13.5. The Balaban J connectivity index is 1.41. The minimum Gasteiger partial charge on any atom is -0.207 e. The van der Waals surface area contributed by atoms with E-state index in [0.29, 0.717) is 29.9 Å². The summed E-state index contributed by atoms with van der Waals surface area (Å²) < 4.78 is 44.2. The highest BCUT2D eigenvalue weighted by Gasteiger charge is 2.36. The van der Waals surface area contributed by atoms with Crippen LogP contribution in [0.25, 0.3) is 0 Å². The van der Waals surface area contributed by atoms with Gasteiger partial charge in [-0.1, -0.05) is 42.6 Å². The third kappa shape index (κ3) is 6.52. The SMILES string of the molecule is C=CCCc1ccc(C#Cc2c(F)cc(C3CCC4CC(CC/C=C/C)CCC4C3)cc2F)cc1F. The predicted molar refractivity (Wildman–Crippen MR) is 142 cm³/mol. The van der Waals surface area contributed by atoms with E-state index in [1.54, 1.807) is 18.2 Å². The second-order valence-electron chi connectivity index (χ2n) is 10.6. The van der Waals surface area contributed by atoms with E-state index in [2.05, 4.69) is 37.5 Å². The number of aryl methyl sites for hydroxylation is 1. The minimum absolute atomic E-state index is 0.203. The molecule has 190 valence electrons. The Kier molecular flexibility index (Phi) is 9.13. The number of fused-ring (bicyclic) bond motifs is 1. The molecule has 0 amide bonds. The smallest absolute Gasteiger partial charge is 0.142 e. The third-order valence-corrected chi connectivity index (χ3v) is 8.24. The molecule has 0 aromatic heterocycles. The Morgan fingerprint density at radius 2 is 1.64 bits per heavy atom. The molecule has 2 saturated carbocycles.